The molecule has 1 aliphatic heterocycles. The zero-order chi connectivity index (χ0) is 24.5. The van der Waals surface area contributed by atoms with E-state index in [0.717, 1.165) is 24.9 Å². The van der Waals surface area contributed by atoms with Crippen molar-refractivity contribution < 1.29 is 9.59 Å². The lowest BCUT2D eigenvalue weighted by Gasteiger charge is -2.21. The van der Waals surface area contributed by atoms with Gasteiger partial charge in [-0.2, -0.15) is 5.26 Å². The van der Waals surface area contributed by atoms with Gasteiger partial charge in [-0.15, -0.1) is 0 Å². The quantitative estimate of drug-likeness (QED) is 0.644. The fraction of sp³-hybridized carbons (Fsp3) is 0.480. The third kappa shape index (κ3) is 4.59. The van der Waals surface area contributed by atoms with Crippen LogP contribution in [0.5, 0.6) is 0 Å². The Morgan fingerprint density at radius 1 is 1.24 bits per heavy atom. The average Bonchev–Trinajstić information content (AvgIpc) is 3.61. The summed E-state index contributed by atoms with van der Waals surface area (Å²) in [5.41, 5.74) is 1.21. The van der Waals surface area contributed by atoms with Crippen molar-refractivity contribution in [2.24, 2.45) is 11.3 Å². The van der Waals surface area contributed by atoms with Gasteiger partial charge in [0.25, 0.3) is 5.91 Å². The van der Waals surface area contributed by atoms with Gasteiger partial charge in [0.2, 0.25) is 5.91 Å². The standard InChI is InChI=1S/C25H31N7O2/c1-17-13-21(28-15-20(17)23(33)31(4)12-11-30(2)3)29-22-14-19(7-9-27-22)32-10-8-25(16-26,24(32)34)18-5-6-18/h7,9,13-15,18H,5-6,8,10-12H2,1-4H3,(H,27,28,29)/t25-/m1/s1. The number of anilines is 3. The molecule has 2 aromatic rings. The summed E-state index contributed by atoms with van der Waals surface area (Å²) in [7, 11) is 5.74. The minimum absolute atomic E-state index is 0.0669. The molecule has 1 saturated carbocycles. The fourth-order valence-corrected chi connectivity index (χ4v) is 4.43. The molecule has 0 spiro atoms. The molecule has 2 fully saturated rings. The summed E-state index contributed by atoms with van der Waals surface area (Å²) in [5, 5.41) is 12.9. The Kier molecular flexibility index (Phi) is 6.53. The summed E-state index contributed by atoms with van der Waals surface area (Å²) in [5.74, 6) is 1.12. The molecule has 1 saturated heterocycles. The zero-order valence-corrected chi connectivity index (χ0v) is 20.2. The molecular weight excluding hydrogens is 430 g/mol. The van der Waals surface area contributed by atoms with Crippen LogP contribution in [0.2, 0.25) is 0 Å². The van der Waals surface area contributed by atoms with Crippen LogP contribution in [0.15, 0.2) is 30.6 Å². The fourth-order valence-electron chi connectivity index (χ4n) is 4.43. The van der Waals surface area contributed by atoms with Crippen molar-refractivity contribution in [2.45, 2.75) is 26.2 Å². The van der Waals surface area contributed by atoms with E-state index in [1.54, 1.807) is 41.4 Å². The summed E-state index contributed by atoms with van der Waals surface area (Å²) in [6.45, 7) is 3.82. The lowest BCUT2D eigenvalue weighted by molar-refractivity contribution is -0.123. The number of nitrogens with zero attached hydrogens (tertiary/aromatic N) is 6. The van der Waals surface area contributed by atoms with E-state index in [4.69, 9.17) is 0 Å². The normalized spacial score (nSPS) is 19.9. The Labute approximate surface area is 200 Å². The number of aromatic nitrogens is 2. The van der Waals surface area contributed by atoms with Crippen LogP contribution in [0, 0.1) is 29.6 Å². The molecule has 0 unspecified atom stereocenters. The van der Waals surface area contributed by atoms with Gasteiger partial charge in [-0.25, -0.2) is 9.97 Å². The third-order valence-electron chi connectivity index (χ3n) is 6.71. The summed E-state index contributed by atoms with van der Waals surface area (Å²) >= 11 is 0. The Balaban J connectivity index is 1.46. The number of rotatable bonds is 8. The number of pyridine rings is 2. The molecule has 4 rings (SSSR count). The second kappa shape index (κ2) is 9.39. The SMILES string of the molecule is Cc1cc(Nc2cc(N3CC[C@@](C#N)(C4CC4)C3=O)ccn2)ncc1C(=O)N(C)CCN(C)C. The second-order valence-corrected chi connectivity index (χ2v) is 9.50. The van der Waals surface area contributed by atoms with Crippen LogP contribution in [-0.4, -0.2) is 72.4 Å². The maximum absolute atomic E-state index is 13.1. The van der Waals surface area contributed by atoms with Gasteiger partial charge < -0.3 is 20.0 Å². The number of nitriles is 1. The van der Waals surface area contributed by atoms with Crippen molar-refractivity contribution in [1.29, 1.82) is 5.26 Å². The van der Waals surface area contributed by atoms with Crippen LogP contribution in [0.4, 0.5) is 17.3 Å². The number of carbonyl (C=O) groups excluding carboxylic acids is 2. The van der Waals surface area contributed by atoms with E-state index >= 15 is 0 Å². The number of aryl methyl sites for hydroxylation is 1. The Morgan fingerprint density at radius 3 is 2.62 bits per heavy atom. The van der Waals surface area contributed by atoms with E-state index < -0.39 is 5.41 Å². The van der Waals surface area contributed by atoms with Gasteiger partial charge in [-0.1, -0.05) is 0 Å². The van der Waals surface area contributed by atoms with E-state index in [2.05, 4.69) is 21.4 Å². The van der Waals surface area contributed by atoms with Gasteiger partial charge in [0.1, 0.15) is 17.1 Å². The van der Waals surface area contributed by atoms with Crippen molar-refractivity contribution in [3.05, 3.63) is 41.7 Å². The molecule has 9 heteroatoms. The van der Waals surface area contributed by atoms with Gasteiger partial charge in [0.15, 0.2) is 0 Å². The first-order valence-corrected chi connectivity index (χ1v) is 11.6. The van der Waals surface area contributed by atoms with Crippen molar-refractivity contribution in [3.8, 4) is 6.07 Å². The van der Waals surface area contributed by atoms with Crippen LogP contribution in [-0.2, 0) is 4.79 Å². The summed E-state index contributed by atoms with van der Waals surface area (Å²) in [6, 6.07) is 7.72. The predicted molar refractivity (Wildman–Crippen MR) is 130 cm³/mol. The molecule has 0 aromatic carbocycles. The highest BCUT2D eigenvalue weighted by atomic mass is 16.2. The largest absolute Gasteiger partial charge is 0.340 e. The molecule has 1 aliphatic carbocycles. The molecule has 34 heavy (non-hydrogen) atoms. The molecule has 2 aromatic heterocycles. The van der Waals surface area contributed by atoms with Crippen molar-refractivity contribution in [1.82, 2.24) is 19.8 Å². The molecule has 2 amide bonds. The molecule has 2 aliphatic rings. The summed E-state index contributed by atoms with van der Waals surface area (Å²) in [4.78, 5) is 40.1. The topological polar surface area (TPSA) is 105 Å². The lowest BCUT2D eigenvalue weighted by atomic mass is 9.83. The predicted octanol–water partition coefficient (Wildman–Crippen LogP) is 2.82. The Hall–Kier alpha value is -3.51. The average molecular weight is 462 g/mol. The number of likely N-dealkylation sites (N-methyl/N-ethyl adjacent to an activating group) is 2. The maximum Gasteiger partial charge on any atom is 0.255 e. The minimum atomic E-state index is -0.877. The molecule has 0 radical (unpaired) electrons. The first-order valence-electron chi connectivity index (χ1n) is 11.6. The van der Waals surface area contributed by atoms with E-state index in [-0.39, 0.29) is 17.7 Å². The van der Waals surface area contributed by atoms with E-state index in [0.29, 0.717) is 42.4 Å². The summed E-state index contributed by atoms with van der Waals surface area (Å²) in [6.07, 6.45) is 5.68. The molecule has 9 nitrogen and oxygen atoms in total. The van der Waals surface area contributed by atoms with Crippen molar-refractivity contribution in [2.75, 3.05) is 51.0 Å². The maximum atomic E-state index is 13.1. The van der Waals surface area contributed by atoms with E-state index in [1.165, 1.54) is 0 Å². The van der Waals surface area contributed by atoms with E-state index in [1.807, 2.05) is 32.0 Å². The smallest absolute Gasteiger partial charge is 0.255 e. The van der Waals surface area contributed by atoms with Crippen molar-refractivity contribution >= 4 is 29.1 Å². The number of amides is 2. The van der Waals surface area contributed by atoms with Gasteiger partial charge in [-0.3, -0.25) is 9.59 Å². The molecule has 178 valence electrons. The number of carbonyl (C=O) groups is 2. The second-order valence-electron chi connectivity index (χ2n) is 9.50. The zero-order valence-electron chi connectivity index (χ0n) is 20.2. The molecular formula is C25H31N7O2. The van der Waals surface area contributed by atoms with Crippen LogP contribution >= 0.6 is 0 Å². The highest BCUT2D eigenvalue weighted by molar-refractivity contribution is 6.02. The minimum Gasteiger partial charge on any atom is -0.340 e. The highest BCUT2D eigenvalue weighted by Crippen LogP contribution is 2.51. The molecule has 0 bridgehead atoms. The number of hydrogen-bond donors (Lipinski definition) is 1. The highest BCUT2D eigenvalue weighted by Gasteiger charge is 2.56. The van der Waals surface area contributed by atoms with Crippen molar-refractivity contribution in [3.63, 3.8) is 0 Å². The van der Waals surface area contributed by atoms with Crippen LogP contribution < -0.4 is 10.2 Å². The van der Waals surface area contributed by atoms with Crippen LogP contribution in [0.1, 0.15) is 35.2 Å². The van der Waals surface area contributed by atoms with Crippen LogP contribution in [0.3, 0.4) is 0 Å². The first-order chi connectivity index (χ1) is 16.2. The first kappa shape index (κ1) is 23.6. The molecule has 1 N–H and O–H groups in total. The number of hydrogen-bond acceptors (Lipinski definition) is 7. The van der Waals surface area contributed by atoms with Gasteiger partial charge in [0.05, 0.1) is 11.6 Å². The Bertz CT molecular complexity index is 1140. The lowest BCUT2D eigenvalue weighted by Crippen LogP contribution is -2.35. The van der Waals surface area contributed by atoms with Gasteiger partial charge in [0, 0.05) is 50.8 Å². The molecule has 3 heterocycles. The van der Waals surface area contributed by atoms with Gasteiger partial charge in [-0.05, 0) is 63.9 Å². The number of nitrogens with one attached hydrogen (secondary N) is 1. The Morgan fingerprint density at radius 2 is 1.97 bits per heavy atom. The molecule has 1 atom stereocenters. The van der Waals surface area contributed by atoms with E-state index in [9.17, 15) is 14.9 Å². The summed E-state index contributed by atoms with van der Waals surface area (Å²) < 4.78 is 0. The van der Waals surface area contributed by atoms with Crippen LogP contribution in [0.25, 0.3) is 0 Å². The monoisotopic (exact) mass is 461 g/mol. The van der Waals surface area contributed by atoms with Gasteiger partial charge >= 0.3 is 0 Å². The third-order valence-corrected chi connectivity index (χ3v) is 6.71.